The lowest BCUT2D eigenvalue weighted by Crippen LogP contribution is -2.43. The van der Waals surface area contributed by atoms with E-state index in [0.29, 0.717) is 0 Å². The molecule has 0 aromatic carbocycles. The summed E-state index contributed by atoms with van der Waals surface area (Å²) in [7, 11) is 0. The number of nitrogens with one attached hydrogen (secondary N) is 1. The van der Waals surface area contributed by atoms with Gasteiger partial charge in [-0.05, 0) is 57.6 Å². The fourth-order valence-electron chi connectivity index (χ4n) is 3.53. The van der Waals surface area contributed by atoms with E-state index in [0.717, 1.165) is 17.9 Å². The summed E-state index contributed by atoms with van der Waals surface area (Å²) in [4.78, 5) is 0. The quantitative estimate of drug-likeness (QED) is 0.712. The molecular formula is C16H27N. The molecule has 0 spiro atoms. The summed E-state index contributed by atoms with van der Waals surface area (Å²) >= 11 is 0. The van der Waals surface area contributed by atoms with Gasteiger partial charge < -0.3 is 5.32 Å². The summed E-state index contributed by atoms with van der Waals surface area (Å²) in [5.41, 5.74) is 1.52. The van der Waals surface area contributed by atoms with Crippen LogP contribution in [0.1, 0.15) is 58.8 Å². The van der Waals surface area contributed by atoms with Crippen molar-refractivity contribution in [1.29, 1.82) is 0 Å². The van der Waals surface area contributed by atoms with Gasteiger partial charge in [-0.25, -0.2) is 0 Å². The molecule has 2 unspecified atom stereocenters. The van der Waals surface area contributed by atoms with Gasteiger partial charge in [0.25, 0.3) is 0 Å². The Hall–Kier alpha value is -0.720. The van der Waals surface area contributed by atoms with Gasteiger partial charge in [0.05, 0.1) is 0 Å². The standard InChI is InChI=1S/C16H27N/c1-3-4-8-15-11-13(2)12-17-16(15)14-9-6-5-7-10-14/h3-4,12,14-17H,5-11H2,1-2H3/b4-3+. The molecule has 17 heavy (non-hydrogen) atoms. The number of hydrogen-bond acceptors (Lipinski definition) is 1. The van der Waals surface area contributed by atoms with Crippen LogP contribution in [0.15, 0.2) is 23.9 Å². The van der Waals surface area contributed by atoms with Gasteiger partial charge >= 0.3 is 0 Å². The highest BCUT2D eigenvalue weighted by Gasteiger charge is 2.31. The third-order valence-corrected chi connectivity index (χ3v) is 4.45. The van der Waals surface area contributed by atoms with Crippen LogP contribution in [0, 0.1) is 11.8 Å². The van der Waals surface area contributed by atoms with Crippen LogP contribution in [0.4, 0.5) is 0 Å². The van der Waals surface area contributed by atoms with Crippen molar-refractivity contribution in [2.75, 3.05) is 0 Å². The van der Waals surface area contributed by atoms with Crippen molar-refractivity contribution in [3.05, 3.63) is 23.9 Å². The van der Waals surface area contributed by atoms with E-state index in [1.807, 2.05) is 0 Å². The normalized spacial score (nSPS) is 31.3. The topological polar surface area (TPSA) is 12.0 Å². The first-order chi connectivity index (χ1) is 8.31. The van der Waals surface area contributed by atoms with Crippen LogP contribution >= 0.6 is 0 Å². The van der Waals surface area contributed by atoms with E-state index in [2.05, 4.69) is 37.5 Å². The van der Waals surface area contributed by atoms with Gasteiger partial charge in [-0.2, -0.15) is 0 Å². The van der Waals surface area contributed by atoms with Crippen LogP contribution in [0.25, 0.3) is 0 Å². The molecule has 1 aliphatic heterocycles. The smallest absolute Gasteiger partial charge is 0.0318 e. The Balaban J connectivity index is 2.00. The molecule has 0 aromatic rings. The highest BCUT2D eigenvalue weighted by Crippen LogP contribution is 2.35. The molecule has 0 saturated heterocycles. The van der Waals surface area contributed by atoms with E-state index in [1.54, 1.807) is 0 Å². The average Bonchev–Trinajstić information content (AvgIpc) is 2.37. The van der Waals surface area contributed by atoms with Crippen LogP contribution in [-0.4, -0.2) is 6.04 Å². The zero-order chi connectivity index (χ0) is 12.1. The van der Waals surface area contributed by atoms with Crippen molar-refractivity contribution in [2.45, 2.75) is 64.8 Å². The highest BCUT2D eigenvalue weighted by molar-refractivity contribution is 5.08. The molecule has 0 amide bonds. The number of rotatable bonds is 3. The first-order valence-electron chi connectivity index (χ1n) is 7.34. The van der Waals surface area contributed by atoms with Gasteiger partial charge in [0, 0.05) is 6.04 Å². The zero-order valence-electron chi connectivity index (χ0n) is 11.4. The van der Waals surface area contributed by atoms with Gasteiger partial charge in [0.15, 0.2) is 0 Å². The molecule has 1 aliphatic carbocycles. The largest absolute Gasteiger partial charge is 0.388 e. The lowest BCUT2D eigenvalue weighted by molar-refractivity contribution is 0.211. The summed E-state index contributed by atoms with van der Waals surface area (Å²) in [6.45, 7) is 4.39. The Morgan fingerprint density at radius 3 is 2.76 bits per heavy atom. The Morgan fingerprint density at radius 2 is 2.06 bits per heavy atom. The van der Waals surface area contributed by atoms with E-state index < -0.39 is 0 Å². The lowest BCUT2D eigenvalue weighted by Gasteiger charge is -2.39. The van der Waals surface area contributed by atoms with Crippen LogP contribution in [0.5, 0.6) is 0 Å². The highest BCUT2D eigenvalue weighted by atomic mass is 14.9. The Labute approximate surface area is 106 Å². The maximum Gasteiger partial charge on any atom is 0.0318 e. The van der Waals surface area contributed by atoms with Crippen molar-refractivity contribution in [3.8, 4) is 0 Å². The van der Waals surface area contributed by atoms with Crippen molar-refractivity contribution < 1.29 is 0 Å². The average molecular weight is 233 g/mol. The van der Waals surface area contributed by atoms with E-state index in [-0.39, 0.29) is 0 Å². The maximum atomic E-state index is 3.70. The van der Waals surface area contributed by atoms with E-state index in [4.69, 9.17) is 0 Å². The molecule has 1 nitrogen and oxygen atoms in total. The minimum absolute atomic E-state index is 0.732. The van der Waals surface area contributed by atoms with Gasteiger partial charge in [0.2, 0.25) is 0 Å². The van der Waals surface area contributed by atoms with Crippen molar-refractivity contribution >= 4 is 0 Å². The zero-order valence-corrected chi connectivity index (χ0v) is 11.4. The molecule has 0 aromatic heterocycles. The van der Waals surface area contributed by atoms with Crippen molar-refractivity contribution in [1.82, 2.24) is 5.32 Å². The van der Waals surface area contributed by atoms with Gasteiger partial charge in [-0.3, -0.25) is 0 Å². The fraction of sp³-hybridized carbons (Fsp3) is 0.750. The molecule has 1 fully saturated rings. The van der Waals surface area contributed by atoms with Gasteiger partial charge in [-0.15, -0.1) is 0 Å². The van der Waals surface area contributed by atoms with Crippen molar-refractivity contribution in [2.24, 2.45) is 11.8 Å². The molecule has 0 radical (unpaired) electrons. The molecule has 1 heteroatoms. The van der Waals surface area contributed by atoms with Crippen LogP contribution in [-0.2, 0) is 0 Å². The van der Waals surface area contributed by atoms with Crippen LogP contribution in [0.3, 0.4) is 0 Å². The number of hydrogen-bond donors (Lipinski definition) is 1. The minimum Gasteiger partial charge on any atom is -0.388 e. The molecule has 0 bridgehead atoms. The summed E-state index contributed by atoms with van der Waals surface area (Å²) in [6, 6.07) is 0.732. The van der Waals surface area contributed by atoms with E-state index >= 15 is 0 Å². The summed E-state index contributed by atoms with van der Waals surface area (Å²) < 4.78 is 0. The summed E-state index contributed by atoms with van der Waals surface area (Å²) in [6.07, 6.45) is 16.6. The van der Waals surface area contributed by atoms with Crippen LogP contribution < -0.4 is 5.32 Å². The molecule has 2 aliphatic rings. The maximum absolute atomic E-state index is 3.70. The first-order valence-corrected chi connectivity index (χ1v) is 7.34. The predicted octanol–water partition coefficient (Wildman–Crippen LogP) is 4.41. The van der Waals surface area contributed by atoms with Crippen LogP contribution in [0.2, 0.25) is 0 Å². The van der Waals surface area contributed by atoms with Gasteiger partial charge in [0.1, 0.15) is 0 Å². The number of allylic oxidation sites excluding steroid dienone is 3. The molecule has 1 saturated carbocycles. The fourth-order valence-corrected chi connectivity index (χ4v) is 3.53. The van der Waals surface area contributed by atoms with E-state index in [1.165, 1.54) is 50.5 Å². The summed E-state index contributed by atoms with van der Waals surface area (Å²) in [5, 5.41) is 3.70. The third kappa shape index (κ3) is 3.37. The lowest BCUT2D eigenvalue weighted by atomic mass is 9.74. The SMILES string of the molecule is C/C=C/CC1CC(C)=CNC1C1CCCCC1. The molecular weight excluding hydrogens is 206 g/mol. The second kappa shape index (κ2) is 6.28. The molecule has 2 atom stereocenters. The molecule has 1 N–H and O–H groups in total. The second-order valence-corrected chi connectivity index (χ2v) is 5.85. The first kappa shape index (κ1) is 12.7. The Morgan fingerprint density at radius 1 is 1.29 bits per heavy atom. The Bertz CT molecular complexity index is 284. The van der Waals surface area contributed by atoms with E-state index in [9.17, 15) is 0 Å². The molecule has 1 heterocycles. The summed E-state index contributed by atoms with van der Waals surface area (Å²) in [5.74, 6) is 1.74. The van der Waals surface area contributed by atoms with Crippen molar-refractivity contribution in [3.63, 3.8) is 0 Å². The molecule has 2 rings (SSSR count). The monoisotopic (exact) mass is 233 g/mol. The third-order valence-electron chi connectivity index (χ3n) is 4.45. The Kier molecular flexibility index (Phi) is 4.70. The minimum atomic E-state index is 0.732. The second-order valence-electron chi connectivity index (χ2n) is 5.85. The van der Waals surface area contributed by atoms with Gasteiger partial charge in [-0.1, -0.05) is 37.0 Å². The predicted molar refractivity (Wildman–Crippen MR) is 74.8 cm³/mol. The molecule has 96 valence electrons.